The van der Waals surface area contributed by atoms with Crippen molar-refractivity contribution in [3.63, 3.8) is 0 Å². The third-order valence-electron chi connectivity index (χ3n) is 7.56. The number of ether oxygens (including phenoxy) is 1. The minimum Gasteiger partial charge on any atom is -0.445 e. The first-order valence-electron chi connectivity index (χ1n) is 13.2. The molecule has 2 aliphatic heterocycles. The molecule has 9 nitrogen and oxygen atoms in total. The van der Waals surface area contributed by atoms with E-state index >= 15 is 0 Å². The van der Waals surface area contributed by atoms with Gasteiger partial charge in [-0.05, 0) is 49.7 Å². The number of esters is 1. The number of hydrogen-bond donors (Lipinski definition) is 1. The predicted octanol–water partition coefficient (Wildman–Crippen LogP) is 4.22. The van der Waals surface area contributed by atoms with Gasteiger partial charge in [-0.1, -0.05) is 48.5 Å². The molecule has 2 aromatic heterocycles. The molecule has 6 rings (SSSR count). The number of benzene rings is 2. The molecule has 0 aliphatic carbocycles. The van der Waals surface area contributed by atoms with Crippen LogP contribution in [-0.2, 0) is 32.6 Å². The van der Waals surface area contributed by atoms with E-state index in [1.165, 1.54) is 16.5 Å². The van der Waals surface area contributed by atoms with Crippen molar-refractivity contribution in [1.29, 1.82) is 0 Å². The van der Waals surface area contributed by atoms with Crippen molar-refractivity contribution >= 4 is 32.7 Å². The van der Waals surface area contributed by atoms with Crippen LogP contribution in [0.5, 0.6) is 0 Å². The van der Waals surface area contributed by atoms with E-state index in [0.717, 1.165) is 49.1 Å². The van der Waals surface area contributed by atoms with Gasteiger partial charge in [0.05, 0.1) is 16.8 Å². The molecule has 202 valence electrons. The summed E-state index contributed by atoms with van der Waals surface area (Å²) in [5.41, 5.74) is 6.77. The van der Waals surface area contributed by atoms with Crippen molar-refractivity contribution < 1.29 is 17.9 Å². The highest BCUT2D eigenvalue weighted by Crippen LogP contribution is 2.36. The average Bonchev–Trinajstić information content (AvgIpc) is 3.58. The molecular weight excluding hydrogens is 514 g/mol. The summed E-state index contributed by atoms with van der Waals surface area (Å²) in [4.78, 5) is 19.3. The van der Waals surface area contributed by atoms with E-state index in [2.05, 4.69) is 39.6 Å². The molecule has 0 saturated carbocycles. The molecule has 2 aromatic carbocycles. The van der Waals surface area contributed by atoms with Gasteiger partial charge in [-0.25, -0.2) is 17.4 Å². The Hall–Kier alpha value is -3.73. The molecule has 4 aromatic rings. The van der Waals surface area contributed by atoms with Crippen molar-refractivity contribution in [2.24, 2.45) is 5.92 Å². The Balaban J connectivity index is 1.21. The van der Waals surface area contributed by atoms with Crippen LogP contribution in [0.25, 0.3) is 11.0 Å². The van der Waals surface area contributed by atoms with Crippen LogP contribution in [0.1, 0.15) is 30.9 Å². The molecule has 0 bridgehead atoms. The Morgan fingerprint density at radius 3 is 2.44 bits per heavy atom. The zero-order valence-corrected chi connectivity index (χ0v) is 22.5. The second-order valence-electron chi connectivity index (χ2n) is 10.2. The zero-order chi connectivity index (χ0) is 27.0. The summed E-state index contributed by atoms with van der Waals surface area (Å²) in [6, 6.07) is 20.6. The molecule has 0 spiro atoms. The van der Waals surface area contributed by atoms with Crippen LogP contribution in [-0.4, -0.2) is 52.6 Å². The predicted molar refractivity (Wildman–Crippen MR) is 148 cm³/mol. The molecule has 2 aliphatic rings. The van der Waals surface area contributed by atoms with Crippen LogP contribution < -0.4 is 5.43 Å². The number of fused-ring (bicyclic) bond motifs is 3. The molecule has 4 heterocycles. The number of likely N-dealkylation sites (tertiary alicyclic amines) is 1. The van der Waals surface area contributed by atoms with Crippen LogP contribution in [0.3, 0.4) is 0 Å². The lowest BCUT2D eigenvalue weighted by Gasteiger charge is -2.38. The zero-order valence-electron chi connectivity index (χ0n) is 21.7. The number of carbonyl (C=O) groups excluding carboxylic acids is 1. The van der Waals surface area contributed by atoms with E-state index in [4.69, 9.17) is 4.74 Å². The highest BCUT2D eigenvalue weighted by atomic mass is 32.2. The quantitative estimate of drug-likeness (QED) is 0.345. The van der Waals surface area contributed by atoms with Crippen molar-refractivity contribution in [1.82, 2.24) is 18.9 Å². The Bertz CT molecular complexity index is 1580. The Morgan fingerprint density at radius 2 is 1.74 bits per heavy atom. The number of nitrogens with one attached hydrogen (secondary N) is 1. The van der Waals surface area contributed by atoms with Crippen LogP contribution in [0.15, 0.2) is 84.0 Å². The lowest BCUT2D eigenvalue weighted by atomic mass is 9.94. The van der Waals surface area contributed by atoms with Gasteiger partial charge in [0.2, 0.25) is 0 Å². The summed E-state index contributed by atoms with van der Waals surface area (Å²) in [6.45, 7) is 4.65. The monoisotopic (exact) mass is 545 g/mol. The lowest BCUT2D eigenvalue weighted by Crippen LogP contribution is -2.47. The number of hydrogen-bond acceptors (Lipinski definition) is 8. The maximum Gasteiger partial charge on any atom is 0.304 e. The first kappa shape index (κ1) is 25.5. The van der Waals surface area contributed by atoms with Crippen LogP contribution >= 0.6 is 0 Å². The summed E-state index contributed by atoms with van der Waals surface area (Å²) in [5.74, 6) is -0.165. The summed E-state index contributed by atoms with van der Waals surface area (Å²) in [7, 11) is -3.78. The highest BCUT2D eigenvalue weighted by molar-refractivity contribution is 7.90. The number of anilines is 1. The van der Waals surface area contributed by atoms with Crippen molar-refractivity contribution in [2.75, 3.05) is 18.5 Å². The second-order valence-corrected chi connectivity index (χ2v) is 12.0. The minimum atomic E-state index is -3.78. The fourth-order valence-corrected chi connectivity index (χ4v) is 6.95. The molecule has 1 N–H and O–H groups in total. The van der Waals surface area contributed by atoms with Gasteiger partial charge < -0.3 is 10.2 Å². The van der Waals surface area contributed by atoms with Gasteiger partial charge in [0, 0.05) is 43.1 Å². The molecule has 1 saturated heterocycles. The van der Waals surface area contributed by atoms with Crippen molar-refractivity contribution in [2.45, 2.75) is 44.0 Å². The summed E-state index contributed by atoms with van der Waals surface area (Å²) in [5, 5.41) is 2.70. The summed E-state index contributed by atoms with van der Waals surface area (Å²) < 4.78 is 33.7. The summed E-state index contributed by atoms with van der Waals surface area (Å²) in [6.07, 6.45) is 4.56. The van der Waals surface area contributed by atoms with Gasteiger partial charge in [-0.2, -0.15) is 5.01 Å². The van der Waals surface area contributed by atoms with Gasteiger partial charge in [-0.3, -0.25) is 9.69 Å². The number of rotatable bonds is 7. The van der Waals surface area contributed by atoms with Crippen molar-refractivity contribution in [3.05, 3.63) is 90.3 Å². The SMILES string of the molecule is CC(=O)OC(C1CCN(Cc2ccccc2)CC1)N1Cc2c(cnc3c2ccn3S(=O)(=O)c2ccccc2)N1. The van der Waals surface area contributed by atoms with Gasteiger partial charge in [-0.15, -0.1) is 0 Å². The van der Waals surface area contributed by atoms with E-state index in [1.807, 2.05) is 11.1 Å². The topological polar surface area (TPSA) is 96.8 Å². The van der Waals surface area contributed by atoms with E-state index in [9.17, 15) is 13.2 Å². The van der Waals surface area contributed by atoms with Crippen LogP contribution in [0, 0.1) is 5.92 Å². The minimum absolute atomic E-state index is 0.161. The first-order valence-corrected chi connectivity index (χ1v) is 14.6. The third kappa shape index (κ3) is 5.03. The van der Waals surface area contributed by atoms with E-state index in [0.29, 0.717) is 12.2 Å². The molecule has 39 heavy (non-hydrogen) atoms. The first-order chi connectivity index (χ1) is 18.9. The van der Waals surface area contributed by atoms with Crippen LogP contribution in [0.2, 0.25) is 0 Å². The standard InChI is InChI=1S/C29H31N5O4S/c1-21(35)38-29(23-12-15-32(16-13-23)19-22-8-4-2-5-9-22)33-20-26-25-14-17-34(28(25)30-18-27(26)31-33)39(36,37)24-10-6-3-7-11-24/h2-11,14,17-18,23,29,31H,12-13,15-16,19-20H2,1H3. The Labute approximate surface area is 228 Å². The number of nitrogens with zero attached hydrogens (tertiary/aromatic N) is 4. The number of carbonyl (C=O) groups is 1. The van der Waals surface area contributed by atoms with Gasteiger partial charge in [0.1, 0.15) is 0 Å². The molecule has 1 atom stereocenters. The molecule has 0 radical (unpaired) electrons. The van der Waals surface area contributed by atoms with E-state index in [1.54, 1.807) is 48.8 Å². The second kappa shape index (κ2) is 10.4. The van der Waals surface area contributed by atoms with Crippen molar-refractivity contribution in [3.8, 4) is 0 Å². The molecular formula is C29H31N5O4S. The summed E-state index contributed by atoms with van der Waals surface area (Å²) >= 11 is 0. The fraction of sp³-hybridized carbons (Fsp3) is 0.310. The Morgan fingerprint density at radius 1 is 1.05 bits per heavy atom. The molecule has 1 fully saturated rings. The average molecular weight is 546 g/mol. The Kier molecular flexibility index (Phi) is 6.84. The molecule has 1 unspecified atom stereocenters. The fourth-order valence-electron chi connectivity index (χ4n) is 5.62. The molecule has 10 heteroatoms. The number of aromatic nitrogens is 2. The van der Waals surface area contributed by atoms with E-state index in [-0.39, 0.29) is 16.8 Å². The van der Waals surface area contributed by atoms with Gasteiger partial charge in [0.25, 0.3) is 10.0 Å². The van der Waals surface area contributed by atoms with Gasteiger partial charge in [0.15, 0.2) is 11.9 Å². The number of pyridine rings is 1. The molecule has 0 amide bonds. The smallest absolute Gasteiger partial charge is 0.304 e. The van der Waals surface area contributed by atoms with E-state index < -0.39 is 16.3 Å². The third-order valence-corrected chi connectivity index (χ3v) is 9.24. The van der Waals surface area contributed by atoms with Crippen LogP contribution in [0.4, 0.5) is 5.69 Å². The lowest BCUT2D eigenvalue weighted by molar-refractivity contribution is -0.163. The van der Waals surface area contributed by atoms with Gasteiger partial charge >= 0.3 is 5.97 Å². The highest BCUT2D eigenvalue weighted by Gasteiger charge is 2.37. The maximum atomic E-state index is 13.3. The maximum absolute atomic E-state index is 13.3. The number of piperidine rings is 1. The normalized spacial score (nSPS) is 17.6. The number of hydrazine groups is 1. The largest absolute Gasteiger partial charge is 0.445 e.